The summed E-state index contributed by atoms with van der Waals surface area (Å²) in [6.45, 7) is 2.16. The number of carboxylic acid groups (broad SMARTS) is 1. The van der Waals surface area contributed by atoms with Crippen LogP contribution in [0.4, 0.5) is 4.39 Å². The maximum atomic E-state index is 14.5. The number of hydrogen-bond acceptors (Lipinski definition) is 2. The van der Waals surface area contributed by atoms with Gasteiger partial charge in [-0.1, -0.05) is 69.7 Å². The molecule has 1 aliphatic rings. The van der Waals surface area contributed by atoms with E-state index in [1.165, 1.54) is 5.56 Å². The summed E-state index contributed by atoms with van der Waals surface area (Å²) in [6.07, 6.45) is 9.20. The summed E-state index contributed by atoms with van der Waals surface area (Å²) in [6, 6.07) is 8.20. The molecule has 28 heavy (non-hydrogen) atoms. The van der Waals surface area contributed by atoms with E-state index in [1.807, 2.05) is 12.1 Å². The molecule has 4 atom stereocenters. The van der Waals surface area contributed by atoms with Crippen molar-refractivity contribution < 1.29 is 19.4 Å². The van der Waals surface area contributed by atoms with Crippen LogP contribution in [0.1, 0.15) is 107 Å². The van der Waals surface area contributed by atoms with E-state index < -0.39 is 18.2 Å². The number of hydrogen-bond donors (Lipinski definition) is 2. The summed E-state index contributed by atoms with van der Waals surface area (Å²) in [7, 11) is 0. The number of unbranched alkanes of at least 4 members (excludes halogenated alkanes) is 5. The zero-order valence-corrected chi connectivity index (χ0v) is 17.3. The van der Waals surface area contributed by atoms with Crippen molar-refractivity contribution in [1.82, 2.24) is 0 Å². The highest BCUT2D eigenvalue weighted by molar-refractivity contribution is 5.66. The SMILES string of the molecule is CCCCCC(O)c1ccc(C2CC[C@@H](F)[C@@H]2CCCCCCC(=O)O)cc1. The number of carbonyl (C=O) groups is 1. The van der Waals surface area contributed by atoms with Crippen LogP contribution in [-0.2, 0) is 4.79 Å². The second-order valence-corrected chi connectivity index (χ2v) is 8.39. The van der Waals surface area contributed by atoms with E-state index in [1.54, 1.807) is 0 Å². The molecule has 0 aliphatic heterocycles. The number of benzene rings is 1. The van der Waals surface area contributed by atoms with Crippen LogP contribution in [-0.4, -0.2) is 22.4 Å². The van der Waals surface area contributed by atoms with Gasteiger partial charge in [0.1, 0.15) is 6.17 Å². The van der Waals surface area contributed by atoms with Gasteiger partial charge in [-0.15, -0.1) is 0 Å². The molecule has 0 aromatic heterocycles. The Bertz CT molecular complexity index is 572. The predicted molar refractivity (Wildman–Crippen MR) is 111 cm³/mol. The van der Waals surface area contributed by atoms with Gasteiger partial charge in [0.2, 0.25) is 0 Å². The standard InChI is InChI=1S/C24H37FO3/c1-2-3-6-10-23(26)19-14-12-18(13-15-19)20-16-17-22(25)21(20)9-7-4-5-8-11-24(27)28/h12-15,20-23,26H,2-11,16-17H2,1H3,(H,27,28)/t20?,21-,22-,23?/m1/s1. The molecule has 158 valence electrons. The van der Waals surface area contributed by atoms with Gasteiger partial charge in [-0.25, -0.2) is 4.39 Å². The van der Waals surface area contributed by atoms with Gasteiger partial charge in [-0.3, -0.25) is 4.79 Å². The first-order valence-electron chi connectivity index (χ1n) is 11.2. The Morgan fingerprint density at radius 1 is 1.07 bits per heavy atom. The van der Waals surface area contributed by atoms with Crippen molar-refractivity contribution in [3.05, 3.63) is 35.4 Å². The largest absolute Gasteiger partial charge is 0.481 e. The molecule has 4 heteroatoms. The Labute approximate surface area is 169 Å². The van der Waals surface area contributed by atoms with Gasteiger partial charge in [-0.05, 0) is 55.1 Å². The van der Waals surface area contributed by atoms with Crippen LogP contribution in [0.25, 0.3) is 0 Å². The summed E-state index contributed by atoms with van der Waals surface area (Å²) in [4.78, 5) is 10.6. The maximum Gasteiger partial charge on any atom is 0.303 e. The minimum atomic E-state index is -0.737. The van der Waals surface area contributed by atoms with Gasteiger partial charge in [-0.2, -0.15) is 0 Å². The number of halogens is 1. The molecular formula is C24H37FO3. The molecule has 0 bridgehead atoms. The number of carboxylic acids is 1. The molecule has 0 spiro atoms. The molecule has 1 saturated carbocycles. The first kappa shape index (κ1) is 22.9. The van der Waals surface area contributed by atoms with Gasteiger partial charge >= 0.3 is 5.97 Å². The van der Waals surface area contributed by atoms with Gasteiger partial charge in [0, 0.05) is 6.42 Å². The molecule has 1 fully saturated rings. The molecule has 0 radical (unpaired) electrons. The van der Waals surface area contributed by atoms with E-state index in [9.17, 15) is 14.3 Å². The summed E-state index contributed by atoms with van der Waals surface area (Å²) < 4.78 is 14.5. The van der Waals surface area contributed by atoms with E-state index in [0.717, 1.165) is 63.4 Å². The fourth-order valence-electron chi connectivity index (χ4n) is 4.54. The van der Waals surface area contributed by atoms with E-state index >= 15 is 0 Å². The van der Waals surface area contributed by atoms with Crippen molar-refractivity contribution in [2.75, 3.05) is 0 Å². The van der Waals surface area contributed by atoms with Crippen LogP contribution in [0, 0.1) is 5.92 Å². The van der Waals surface area contributed by atoms with Crippen molar-refractivity contribution in [3.8, 4) is 0 Å². The van der Waals surface area contributed by atoms with Crippen LogP contribution in [0.5, 0.6) is 0 Å². The van der Waals surface area contributed by atoms with Crippen LogP contribution < -0.4 is 0 Å². The average Bonchev–Trinajstić information content (AvgIpc) is 3.05. The monoisotopic (exact) mass is 392 g/mol. The summed E-state index contributed by atoms with van der Waals surface area (Å²) in [5.41, 5.74) is 2.16. The van der Waals surface area contributed by atoms with Gasteiger partial charge < -0.3 is 10.2 Å². The molecule has 1 aliphatic carbocycles. The number of alkyl halides is 1. The van der Waals surface area contributed by atoms with Gasteiger partial charge in [0.15, 0.2) is 0 Å². The Kier molecular flexibility index (Phi) is 9.97. The third-order valence-electron chi connectivity index (χ3n) is 6.24. The highest BCUT2D eigenvalue weighted by Gasteiger charge is 2.36. The van der Waals surface area contributed by atoms with Crippen molar-refractivity contribution in [2.45, 2.75) is 102 Å². The van der Waals surface area contributed by atoms with Crippen molar-refractivity contribution in [2.24, 2.45) is 5.92 Å². The average molecular weight is 393 g/mol. The number of aliphatic hydroxyl groups is 1. The van der Waals surface area contributed by atoms with E-state index in [0.29, 0.717) is 12.8 Å². The van der Waals surface area contributed by atoms with Crippen LogP contribution >= 0.6 is 0 Å². The fraction of sp³-hybridized carbons (Fsp3) is 0.708. The normalized spacial score (nSPS) is 23.0. The summed E-state index contributed by atoms with van der Waals surface area (Å²) in [5.74, 6) is -0.404. The Morgan fingerprint density at radius 3 is 2.46 bits per heavy atom. The highest BCUT2D eigenvalue weighted by Crippen LogP contribution is 2.44. The first-order valence-corrected chi connectivity index (χ1v) is 11.2. The molecule has 2 N–H and O–H groups in total. The topological polar surface area (TPSA) is 57.5 Å². The summed E-state index contributed by atoms with van der Waals surface area (Å²) in [5, 5.41) is 19.0. The first-order chi connectivity index (χ1) is 13.5. The van der Waals surface area contributed by atoms with Crippen molar-refractivity contribution >= 4 is 5.97 Å². The maximum absolute atomic E-state index is 14.5. The molecule has 2 rings (SSSR count). The zero-order valence-electron chi connectivity index (χ0n) is 17.3. The lowest BCUT2D eigenvalue weighted by molar-refractivity contribution is -0.137. The molecule has 1 aromatic carbocycles. The lowest BCUT2D eigenvalue weighted by Gasteiger charge is -2.22. The molecule has 1 aromatic rings. The molecule has 0 heterocycles. The summed E-state index contributed by atoms with van der Waals surface area (Å²) >= 11 is 0. The number of aliphatic hydroxyl groups excluding tert-OH is 1. The lowest BCUT2D eigenvalue weighted by Crippen LogP contribution is -2.15. The van der Waals surface area contributed by atoms with Crippen LogP contribution in [0.3, 0.4) is 0 Å². The van der Waals surface area contributed by atoms with E-state index in [-0.39, 0.29) is 18.3 Å². The lowest BCUT2D eigenvalue weighted by atomic mass is 9.84. The quantitative estimate of drug-likeness (QED) is 0.374. The predicted octanol–water partition coefficient (Wildman–Crippen LogP) is 6.56. The van der Waals surface area contributed by atoms with E-state index in [2.05, 4.69) is 19.1 Å². The Hall–Kier alpha value is -1.42. The van der Waals surface area contributed by atoms with E-state index in [4.69, 9.17) is 5.11 Å². The third-order valence-corrected chi connectivity index (χ3v) is 6.24. The Morgan fingerprint density at radius 2 is 1.79 bits per heavy atom. The molecule has 0 saturated heterocycles. The molecule has 2 unspecified atom stereocenters. The van der Waals surface area contributed by atoms with Gasteiger partial charge in [0.05, 0.1) is 6.10 Å². The number of aliphatic carboxylic acids is 1. The van der Waals surface area contributed by atoms with Gasteiger partial charge in [0.25, 0.3) is 0 Å². The minimum absolute atomic E-state index is 0.0693. The number of rotatable bonds is 13. The zero-order chi connectivity index (χ0) is 20.4. The second kappa shape index (κ2) is 12.2. The molecule has 0 amide bonds. The van der Waals surface area contributed by atoms with Crippen LogP contribution in [0.15, 0.2) is 24.3 Å². The minimum Gasteiger partial charge on any atom is -0.481 e. The highest BCUT2D eigenvalue weighted by atomic mass is 19.1. The van der Waals surface area contributed by atoms with Crippen molar-refractivity contribution in [1.29, 1.82) is 0 Å². The second-order valence-electron chi connectivity index (χ2n) is 8.39. The molecule has 3 nitrogen and oxygen atoms in total. The third kappa shape index (κ3) is 7.20. The Balaban J connectivity index is 1.83. The van der Waals surface area contributed by atoms with Crippen molar-refractivity contribution in [3.63, 3.8) is 0 Å². The molecular weight excluding hydrogens is 355 g/mol. The van der Waals surface area contributed by atoms with Crippen LogP contribution in [0.2, 0.25) is 0 Å². The smallest absolute Gasteiger partial charge is 0.303 e. The fourth-order valence-corrected chi connectivity index (χ4v) is 4.54.